The summed E-state index contributed by atoms with van der Waals surface area (Å²) in [5.74, 6) is 0.647. The highest BCUT2D eigenvalue weighted by molar-refractivity contribution is 5.54. The van der Waals surface area contributed by atoms with Crippen LogP contribution in [-0.2, 0) is 4.79 Å². The SMILES string of the molecule is C=C(CC=O)C1CCCCC1. The fourth-order valence-electron chi connectivity index (χ4n) is 1.78. The van der Waals surface area contributed by atoms with Crippen LogP contribution >= 0.6 is 0 Å². The Bertz CT molecular complexity index is 143. The third-order valence-corrected chi connectivity index (χ3v) is 2.53. The van der Waals surface area contributed by atoms with Crippen molar-refractivity contribution in [2.75, 3.05) is 0 Å². The van der Waals surface area contributed by atoms with E-state index in [1.54, 1.807) is 0 Å². The van der Waals surface area contributed by atoms with Gasteiger partial charge in [-0.3, -0.25) is 0 Å². The molecule has 0 aromatic rings. The molecule has 0 heterocycles. The van der Waals surface area contributed by atoms with E-state index in [9.17, 15) is 4.79 Å². The molecule has 1 saturated carbocycles. The molecule has 1 rings (SSSR count). The Balaban J connectivity index is 2.32. The van der Waals surface area contributed by atoms with Crippen molar-refractivity contribution in [3.8, 4) is 0 Å². The molecule has 1 aliphatic carbocycles. The molecule has 0 amide bonds. The van der Waals surface area contributed by atoms with Gasteiger partial charge < -0.3 is 4.79 Å². The zero-order valence-corrected chi connectivity index (χ0v) is 7.01. The minimum Gasteiger partial charge on any atom is -0.303 e. The standard InChI is InChI=1S/C10H16O/c1-9(7-8-11)10-5-3-2-4-6-10/h8,10H,1-7H2. The third-order valence-electron chi connectivity index (χ3n) is 2.53. The molecule has 0 aromatic heterocycles. The molecule has 1 heteroatoms. The largest absolute Gasteiger partial charge is 0.303 e. The summed E-state index contributed by atoms with van der Waals surface area (Å²) >= 11 is 0. The van der Waals surface area contributed by atoms with Crippen molar-refractivity contribution in [1.29, 1.82) is 0 Å². The van der Waals surface area contributed by atoms with Crippen LogP contribution in [0, 0.1) is 5.92 Å². The maximum absolute atomic E-state index is 10.2. The zero-order chi connectivity index (χ0) is 8.10. The minimum atomic E-state index is 0.574. The van der Waals surface area contributed by atoms with Crippen molar-refractivity contribution in [2.24, 2.45) is 5.92 Å². The summed E-state index contributed by atoms with van der Waals surface area (Å²) in [7, 11) is 0. The fourth-order valence-corrected chi connectivity index (χ4v) is 1.78. The average Bonchev–Trinajstić information content (AvgIpc) is 2.07. The molecule has 0 aromatic carbocycles. The predicted octanol–water partition coefficient (Wildman–Crippen LogP) is 2.71. The van der Waals surface area contributed by atoms with Gasteiger partial charge in [-0.2, -0.15) is 0 Å². The molecular formula is C10H16O. The first kappa shape index (κ1) is 8.51. The smallest absolute Gasteiger partial charge is 0.124 e. The molecule has 0 atom stereocenters. The van der Waals surface area contributed by atoms with Crippen LogP contribution in [0.1, 0.15) is 38.5 Å². The number of hydrogen-bond donors (Lipinski definition) is 0. The van der Waals surface area contributed by atoms with Gasteiger partial charge in [-0.25, -0.2) is 0 Å². The highest BCUT2D eigenvalue weighted by Crippen LogP contribution is 2.29. The molecular weight excluding hydrogens is 136 g/mol. The number of allylic oxidation sites excluding steroid dienone is 1. The fraction of sp³-hybridized carbons (Fsp3) is 0.700. The Morgan fingerprint density at radius 3 is 2.55 bits per heavy atom. The van der Waals surface area contributed by atoms with Gasteiger partial charge in [0.2, 0.25) is 0 Å². The third kappa shape index (κ3) is 2.49. The van der Waals surface area contributed by atoms with E-state index in [1.807, 2.05) is 0 Å². The number of carbonyl (C=O) groups excluding carboxylic acids is 1. The van der Waals surface area contributed by atoms with E-state index in [4.69, 9.17) is 0 Å². The molecule has 0 aliphatic heterocycles. The highest BCUT2D eigenvalue weighted by atomic mass is 16.1. The first-order chi connectivity index (χ1) is 5.34. The maximum Gasteiger partial charge on any atom is 0.124 e. The van der Waals surface area contributed by atoms with Crippen molar-refractivity contribution < 1.29 is 4.79 Å². The van der Waals surface area contributed by atoms with Gasteiger partial charge in [0, 0.05) is 6.42 Å². The van der Waals surface area contributed by atoms with Gasteiger partial charge in [-0.05, 0) is 18.8 Å². The predicted molar refractivity (Wildman–Crippen MR) is 46.4 cm³/mol. The van der Waals surface area contributed by atoms with Crippen LogP contribution in [0.2, 0.25) is 0 Å². The highest BCUT2D eigenvalue weighted by Gasteiger charge is 2.15. The second-order valence-electron chi connectivity index (χ2n) is 3.36. The lowest BCUT2D eigenvalue weighted by atomic mass is 9.83. The molecule has 0 saturated heterocycles. The average molecular weight is 152 g/mol. The number of rotatable bonds is 3. The molecule has 0 bridgehead atoms. The summed E-state index contributed by atoms with van der Waals surface area (Å²) in [5, 5.41) is 0. The Hall–Kier alpha value is -0.590. The Kier molecular flexibility index (Phi) is 3.34. The van der Waals surface area contributed by atoms with E-state index in [1.165, 1.54) is 32.1 Å². The van der Waals surface area contributed by atoms with Crippen LogP contribution in [0.4, 0.5) is 0 Å². The van der Waals surface area contributed by atoms with Gasteiger partial charge in [0.1, 0.15) is 6.29 Å². The van der Waals surface area contributed by atoms with Gasteiger partial charge in [-0.1, -0.05) is 31.4 Å². The van der Waals surface area contributed by atoms with E-state index in [-0.39, 0.29) is 0 Å². The lowest BCUT2D eigenvalue weighted by Gasteiger charge is -2.22. The second kappa shape index (κ2) is 4.32. The Labute approximate surface area is 68.5 Å². The van der Waals surface area contributed by atoms with Crippen LogP contribution in [0.5, 0.6) is 0 Å². The summed E-state index contributed by atoms with van der Waals surface area (Å²) in [5.41, 5.74) is 1.15. The van der Waals surface area contributed by atoms with Crippen molar-refractivity contribution >= 4 is 6.29 Å². The van der Waals surface area contributed by atoms with Crippen LogP contribution in [0.25, 0.3) is 0 Å². The maximum atomic E-state index is 10.2. The van der Waals surface area contributed by atoms with E-state index in [0.717, 1.165) is 11.9 Å². The van der Waals surface area contributed by atoms with E-state index in [2.05, 4.69) is 6.58 Å². The number of carbonyl (C=O) groups is 1. The summed E-state index contributed by atoms with van der Waals surface area (Å²) in [6, 6.07) is 0. The summed E-state index contributed by atoms with van der Waals surface area (Å²) in [6.45, 7) is 3.94. The van der Waals surface area contributed by atoms with Crippen molar-refractivity contribution in [3.63, 3.8) is 0 Å². The molecule has 0 unspecified atom stereocenters. The Morgan fingerprint density at radius 2 is 2.00 bits per heavy atom. The first-order valence-electron chi connectivity index (χ1n) is 4.46. The molecule has 0 radical (unpaired) electrons. The molecule has 62 valence electrons. The molecule has 0 spiro atoms. The summed E-state index contributed by atoms with van der Waals surface area (Å²) < 4.78 is 0. The summed E-state index contributed by atoms with van der Waals surface area (Å²) in [4.78, 5) is 10.2. The minimum absolute atomic E-state index is 0.574. The van der Waals surface area contributed by atoms with Gasteiger partial charge in [0.05, 0.1) is 0 Å². The van der Waals surface area contributed by atoms with E-state index >= 15 is 0 Å². The van der Waals surface area contributed by atoms with E-state index < -0.39 is 0 Å². The van der Waals surface area contributed by atoms with Crippen LogP contribution in [-0.4, -0.2) is 6.29 Å². The molecule has 1 nitrogen and oxygen atoms in total. The number of hydrogen-bond acceptors (Lipinski definition) is 1. The van der Waals surface area contributed by atoms with Gasteiger partial charge in [-0.15, -0.1) is 0 Å². The van der Waals surface area contributed by atoms with Crippen LogP contribution < -0.4 is 0 Å². The zero-order valence-electron chi connectivity index (χ0n) is 7.01. The number of aldehydes is 1. The van der Waals surface area contributed by atoms with Gasteiger partial charge in [0.15, 0.2) is 0 Å². The lowest BCUT2D eigenvalue weighted by Crippen LogP contribution is -2.08. The molecule has 0 N–H and O–H groups in total. The second-order valence-corrected chi connectivity index (χ2v) is 3.36. The topological polar surface area (TPSA) is 17.1 Å². The monoisotopic (exact) mass is 152 g/mol. The lowest BCUT2D eigenvalue weighted by molar-refractivity contribution is -0.107. The Morgan fingerprint density at radius 1 is 1.36 bits per heavy atom. The van der Waals surface area contributed by atoms with Crippen molar-refractivity contribution in [3.05, 3.63) is 12.2 Å². The molecule has 1 fully saturated rings. The van der Waals surface area contributed by atoms with Gasteiger partial charge >= 0.3 is 0 Å². The van der Waals surface area contributed by atoms with E-state index in [0.29, 0.717) is 12.3 Å². The first-order valence-corrected chi connectivity index (χ1v) is 4.46. The van der Waals surface area contributed by atoms with Crippen LogP contribution in [0.15, 0.2) is 12.2 Å². The van der Waals surface area contributed by atoms with Crippen molar-refractivity contribution in [1.82, 2.24) is 0 Å². The van der Waals surface area contributed by atoms with Crippen LogP contribution in [0.3, 0.4) is 0 Å². The molecule has 1 aliphatic rings. The molecule has 11 heavy (non-hydrogen) atoms. The quantitative estimate of drug-likeness (QED) is 0.449. The summed E-state index contributed by atoms with van der Waals surface area (Å²) in [6.07, 6.45) is 8.07. The van der Waals surface area contributed by atoms with Crippen molar-refractivity contribution in [2.45, 2.75) is 38.5 Å². The van der Waals surface area contributed by atoms with Gasteiger partial charge in [0.25, 0.3) is 0 Å². The normalized spacial score (nSPS) is 19.6.